The fourth-order valence-corrected chi connectivity index (χ4v) is 2.27. The molecule has 0 heterocycles. The highest BCUT2D eigenvalue weighted by atomic mass is 16.5. The number of benzene rings is 2. The Bertz CT molecular complexity index is 664. The largest absolute Gasteiger partial charge is 0.492 e. The number of nitrogens with two attached hydrogens (primary N) is 1. The maximum Gasteiger partial charge on any atom is 0.241 e. The predicted molar refractivity (Wildman–Crippen MR) is 98.6 cm³/mol. The Morgan fingerprint density at radius 2 is 1.56 bits per heavy atom. The lowest BCUT2D eigenvalue weighted by molar-refractivity contribution is -0.134. The van der Waals surface area contributed by atoms with Gasteiger partial charge >= 0.3 is 0 Å². The van der Waals surface area contributed by atoms with Crippen LogP contribution in [0.15, 0.2) is 54.6 Å². The van der Waals surface area contributed by atoms with Gasteiger partial charge in [-0.25, -0.2) is 0 Å². The standard InChI is InChI=1S/C20H26N2O3/c1-20(2,21)19(23)22(3)13-14-24-17-9-11-18(12-10-17)25-15-16-7-5-4-6-8-16/h4-12H,13-15,21H2,1-3H3. The molecule has 5 nitrogen and oxygen atoms in total. The fourth-order valence-electron chi connectivity index (χ4n) is 2.27. The molecule has 0 aliphatic carbocycles. The Morgan fingerprint density at radius 1 is 1.00 bits per heavy atom. The first kappa shape index (κ1) is 18.8. The smallest absolute Gasteiger partial charge is 0.241 e. The van der Waals surface area contributed by atoms with Crippen LogP contribution in [0.2, 0.25) is 0 Å². The zero-order chi connectivity index (χ0) is 18.3. The van der Waals surface area contributed by atoms with Crippen molar-refractivity contribution < 1.29 is 14.3 Å². The van der Waals surface area contributed by atoms with E-state index >= 15 is 0 Å². The number of hydrogen-bond donors (Lipinski definition) is 1. The highest BCUT2D eigenvalue weighted by Crippen LogP contribution is 2.18. The van der Waals surface area contributed by atoms with Gasteiger partial charge in [0.05, 0.1) is 12.1 Å². The first-order valence-corrected chi connectivity index (χ1v) is 8.30. The molecule has 0 radical (unpaired) electrons. The lowest BCUT2D eigenvalue weighted by Gasteiger charge is -2.25. The van der Waals surface area contributed by atoms with Crippen LogP contribution in [0.25, 0.3) is 0 Å². The summed E-state index contributed by atoms with van der Waals surface area (Å²) in [6, 6.07) is 17.5. The highest BCUT2D eigenvalue weighted by Gasteiger charge is 2.25. The van der Waals surface area contributed by atoms with E-state index in [-0.39, 0.29) is 5.91 Å². The van der Waals surface area contributed by atoms with Gasteiger partial charge in [-0.1, -0.05) is 30.3 Å². The molecule has 5 heteroatoms. The van der Waals surface area contributed by atoms with E-state index in [9.17, 15) is 4.79 Å². The van der Waals surface area contributed by atoms with E-state index in [2.05, 4.69) is 0 Å². The minimum atomic E-state index is -0.869. The van der Waals surface area contributed by atoms with Gasteiger partial charge in [0.1, 0.15) is 24.7 Å². The van der Waals surface area contributed by atoms with Crippen molar-refractivity contribution in [2.24, 2.45) is 5.73 Å². The van der Waals surface area contributed by atoms with Crippen LogP contribution in [-0.4, -0.2) is 36.5 Å². The Kier molecular flexibility index (Phi) is 6.42. The number of hydrogen-bond acceptors (Lipinski definition) is 4. The first-order chi connectivity index (χ1) is 11.9. The molecule has 0 bridgehead atoms. The number of amides is 1. The quantitative estimate of drug-likeness (QED) is 0.801. The number of carbonyl (C=O) groups excluding carboxylic acids is 1. The van der Waals surface area contributed by atoms with Crippen LogP contribution in [0.5, 0.6) is 11.5 Å². The maximum atomic E-state index is 12.0. The molecular weight excluding hydrogens is 316 g/mol. The van der Waals surface area contributed by atoms with Gasteiger partial charge in [-0.05, 0) is 43.7 Å². The molecule has 0 spiro atoms. The summed E-state index contributed by atoms with van der Waals surface area (Å²) in [4.78, 5) is 13.6. The van der Waals surface area contributed by atoms with Crippen molar-refractivity contribution in [3.8, 4) is 11.5 Å². The third-order valence-corrected chi connectivity index (χ3v) is 3.67. The van der Waals surface area contributed by atoms with Gasteiger partial charge in [0, 0.05) is 7.05 Å². The molecule has 0 atom stereocenters. The summed E-state index contributed by atoms with van der Waals surface area (Å²) in [7, 11) is 1.72. The molecule has 2 N–H and O–H groups in total. The summed E-state index contributed by atoms with van der Waals surface area (Å²) in [6.45, 7) is 4.80. The summed E-state index contributed by atoms with van der Waals surface area (Å²) in [5.74, 6) is 1.41. The van der Waals surface area contributed by atoms with Gasteiger partial charge in [-0.15, -0.1) is 0 Å². The Morgan fingerprint density at radius 3 is 2.12 bits per heavy atom. The summed E-state index contributed by atoms with van der Waals surface area (Å²) < 4.78 is 11.4. The van der Waals surface area contributed by atoms with E-state index in [4.69, 9.17) is 15.2 Å². The van der Waals surface area contributed by atoms with Crippen LogP contribution < -0.4 is 15.2 Å². The molecule has 0 saturated carbocycles. The van der Waals surface area contributed by atoms with Gasteiger partial charge in [0.15, 0.2) is 0 Å². The summed E-state index contributed by atoms with van der Waals surface area (Å²) in [5, 5.41) is 0. The van der Waals surface area contributed by atoms with E-state index in [1.807, 2.05) is 54.6 Å². The Labute approximate surface area is 149 Å². The van der Waals surface area contributed by atoms with Crippen molar-refractivity contribution in [3.63, 3.8) is 0 Å². The van der Waals surface area contributed by atoms with Crippen molar-refractivity contribution in [1.82, 2.24) is 4.90 Å². The average Bonchev–Trinajstić information content (AvgIpc) is 2.60. The van der Waals surface area contributed by atoms with Gasteiger partial charge < -0.3 is 20.1 Å². The van der Waals surface area contributed by atoms with Crippen LogP contribution in [0.4, 0.5) is 0 Å². The zero-order valence-corrected chi connectivity index (χ0v) is 15.1. The number of ether oxygens (including phenoxy) is 2. The second-order valence-corrected chi connectivity index (χ2v) is 6.54. The highest BCUT2D eigenvalue weighted by molar-refractivity contribution is 5.84. The predicted octanol–water partition coefficient (Wildman–Crippen LogP) is 2.84. The first-order valence-electron chi connectivity index (χ1n) is 8.30. The molecule has 2 aromatic carbocycles. The van der Waals surface area contributed by atoms with Crippen LogP contribution in [0.1, 0.15) is 19.4 Å². The van der Waals surface area contributed by atoms with Crippen LogP contribution in [-0.2, 0) is 11.4 Å². The third-order valence-electron chi connectivity index (χ3n) is 3.67. The molecule has 25 heavy (non-hydrogen) atoms. The third kappa shape index (κ3) is 6.12. The number of nitrogens with zero attached hydrogens (tertiary/aromatic N) is 1. The lowest BCUT2D eigenvalue weighted by atomic mass is 10.1. The molecule has 0 unspecified atom stereocenters. The SMILES string of the molecule is CN(CCOc1ccc(OCc2ccccc2)cc1)C(=O)C(C)(C)N. The lowest BCUT2D eigenvalue weighted by Crippen LogP contribution is -2.50. The second-order valence-electron chi connectivity index (χ2n) is 6.54. The van der Waals surface area contributed by atoms with E-state index in [0.29, 0.717) is 19.8 Å². The molecule has 1 amide bonds. The van der Waals surface area contributed by atoms with Crippen molar-refractivity contribution in [2.45, 2.75) is 26.0 Å². The van der Waals surface area contributed by atoms with E-state index in [1.165, 1.54) is 0 Å². The summed E-state index contributed by atoms with van der Waals surface area (Å²) in [5.41, 5.74) is 6.06. The van der Waals surface area contributed by atoms with E-state index in [0.717, 1.165) is 17.1 Å². The maximum absolute atomic E-state index is 12.0. The van der Waals surface area contributed by atoms with Crippen molar-refractivity contribution >= 4 is 5.91 Å². The number of rotatable bonds is 8. The van der Waals surface area contributed by atoms with E-state index < -0.39 is 5.54 Å². The molecule has 134 valence electrons. The summed E-state index contributed by atoms with van der Waals surface area (Å²) >= 11 is 0. The molecule has 2 rings (SSSR count). The van der Waals surface area contributed by atoms with Crippen molar-refractivity contribution in [3.05, 3.63) is 60.2 Å². The number of carbonyl (C=O) groups is 1. The van der Waals surface area contributed by atoms with Crippen molar-refractivity contribution in [1.29, 1.82) is 0 Å². The molecule has 0 saturated heterocycles. The van der Waals surface area contributed by atoms with Gasteiger partial charge in [-0.2, -0.15) is 0 Å². The second kappa shape index (κ2) is 8.53. The monoisotopic (exact) mass is 342 g/mol. The van der Waals surface area contributed by atoms with Crippen molar-refractivity contribution in [2.75, 3.05) is 20.2 Å². The minimum absolute atomic E-state index is 0.110. The topological polar surface area (TPSA) is 64.8 Å². The molecule has 0 aliphatic heterocycles. The fraction of sp³-hybridized carbons (Fsp3) is 0.350. The number of likely N-dealkylation sites (N-methyl/N-ethyl adjacent to an activating group) is 1. The van der Waals surface area contributed by atoms with Gasteiger partial charge in [0.25, 0.3) is 0 Å². The van der Waals surface area contributed by atoms with Crippen LogP contribution >= 0.6 is 0 Å². The summed E-state index contributed by atoms with van der Waals surface area (Å²) in [6.07, 6.45) is 0. The van der Waals surface area contributed by atoms with Crippen LogP contribution in [0, 0.1) is 0 Å². The van der Waals surface area contributed by atoms with Crippen LogP contribution in [0.3, 0.4) is 0 Å². The van der Waals surface area contributed by atoms with E-state index in [1.54, 1.807) is 25.8 Å². The molecule has 0 fully saturated rings. The zero-order valence-electron chi connectivity index (χ0n) is 15.1. The molecule has 0 aromatic heterocycles. The molecule has 0 aliphatic rings. The Balaban J connectivity index is 1.76. The normalized spacial score (nSPS) is 11.0. The molecule has 2 aromatic rings. The average molecular weight is 342 g/mol. The molecular formula is C20H26N2O3. The Hall–Kier alpha value is -2.53. The minimum Gasteiger partial charge on any atom is -0.492 e. The van der Waals surface area contributed by atoms with Gasteiger partial charge in [0.2, 0.25) is 5.91 Å². The van der Waals surface area contributed by atoms with Gasteiger partial charge in [-0.3, -0.25) is 4.79 Å².